The summed E-state index contributed by atoms with van der Waals surface area (Å²) in [4.78, 5) is 12.5. The van der Waals surface area contributed by atoms with Crippen LogP contribution in [-0.2, 0) is 17.1 Å². The lowest BCUT2D eigenvalue weighted by atomic mass is 10.2. The largest absolute Gasteiger partial charge is 0.495 e. The number of hydrogen-bond acceptors (Lipinski definition) is 4. The van der Waals surface area contributed by atoms with Gasteiger partial charge in [0.25, 0.3) is 5.91 Å². The maximum atomic E-state index is 12.5. The maximum absolute atomic E-state index is 12.5. The van der Waals surface area contributed by atoms with Gasteiger partial charge in [0.05, 0.1) is 22.7 Å². The molecule has 0 aliphatic heterocycles. The number of benzene rings is 1. The van der Waals surface area contributed by atoms with E-state index in [4.69, 9.17) is 27.9 Å². The van der Waals surface area contributed by atoms with E-state index in [2.05, 4.69) is 5.32 Å². The van der Waals surface area contributed by atoms with Gasteiger partial charge in [-0.1, -0.05) is 23.2 Å². The van der Waals surface area contributed by atoms with Crippen LogP contribution in [0.1, 0.15) is 10.5 Å². The molecule has 0 bridgehead atoms. The highest BCUT2D eigenvalue weighted by molar-refractivity contribution is 7.89. The molecule has 0 radical (unpaired) electrons. The van der Waals surface area contributed by atoms with Crippen LogP contribution in [0.15, 0.2) is 29.2 Å². The Morgan fingerprint density at radius 3 is 2.36 bits per heavy atom. The van der Waals surface area contributed by atoms with Crippen LogP contribution in [0.3, 0.4) is 0 Å². The summed E-state index contributed by atoms with van der Waals surface area (Å²) in [5, 5.41) is 3.09. The van der Waals surface area contributed by atoms with Crippen LogP contribution in [0, 0.1) is 0 Å². The lowest BCUT2D eigenvalue weighted by Crippen LogP contribution is -2.22. The molecule has 1 N–H and O–H groups in total. The number of halogens is 2. The average Bonchev–Trinajstić information content (AvgIpc) is 2.82. The first-order valence-electron chi connectivity index (χ1n) is 7.02. The van der Waals surface area contributed by atoms with Crippen molar-refractivity contribution in [1.29, 1.82) is 0 Å². The van der Waals surface area contributed by atoms with Gasteiger partial charge in [0, 0.05) is 21.1 Å². The van der Waals surface area contributed by atoms with Gasteiger partial charge < -0.3 is 14.6 Å². The van der Waals surface area contributed by atoms with Crippen LogP contribution in [0.25, 0.3) is 0 Å². The van der Waals surface area contributed by atoms with Crippen LogP contribution in [0.5, 0.6) is 5.75 Å². The van der Waals surface area contributed by atoms with Crippen molar-refractivity contribution < 1.29 is 17.9 Å². The molecule has 0 atom stereocenters. The van der Waals surface area contributed by atoms with E-state index in [1.54, 1.807) is 7.05 Å². The fraction of sp³-hybridized carbons (Fsp3) is 0.267. The quantitative estimate of drug-likeness (QED) is 0.828. The first kappa shape index (κ1) is 19.6. The fourth-order valence-electron chi connectivity index (χ4n) is 2.10. The summed E-state index contributed by atoms with van der Waals surface area (Å²) in [7, 11) is 2.20. The minimum atomic E-state index is -3.66. The topological polar surface area (TPSA) is 80.6 Å². The van der Waals surface area contributed by atoms with Gasteiger partial charge in [-0.3, -0.25) is 4.79 Å². The first-order chi connectivity index (χ1) is 11.6. The smallest absolute Gasteiger partial charge is 0.272 e. The van der Waals surface area contributed by atoms with Gasteiger partial charge in [0.15, 0.2) is 0 Å². The summed E-state index contributed by atoms with van der Waals surface area (Å²) in [6.07, 6.45) is 0. The number of rotatable bonds is 5. The number of hydrogen-bond donors (Lipinski definition) is 1. The van der Waals surface area contributed by atoms with Crippen molar-refractivity contribution in [3.8, 4) is 5.75 Å². The van der Waals surface area contributed by atoms with E-state index in [-0.39, 0.29) is 26.5 Å². The van der Waals surface area contributed by atoms with Crippen molar-refractivity contribution in [1.82, 2.24) is 8.87 Å². The Labute approximate surface area is 156 Å². The molecule has 0 aliphatic carbocycles. The molecule has 0 aliphatic rings. The Kier molecular flexibility index (Phi) is 5.68. The first-order valence-corrected chi connectivity index (χ1v) is 9.21. The SMILES string of the molecule is COc1ccc(S(=O)(=O)N(C)C)cc1NC(=O)c1cc(Cl)c(Cl)n1C. The molecule has 2 rings (SSSR count). The zero-order chi connectivity index (χ0) is 18.9. The minimum Gasteiger partial charge on any atom is -0.495 e. The third-order valence-electron chi connectivity index (χ3n) is 3.55. The molecule has 0 saturated heterocycles. The van der Waals surface area contributed by atoms with Crippen molar-refractivity contribution in [2.24, 2.45) is 7.05 Å². The Balaban J connectivity index is 2.44. The maximum Gasteiger partial charge on any atom is 0.272 e. The highest BCUT2D eigenvalue weighted by Crippen LogP contribution is 2.30. The zero-order valence-corrected chi connectivity index (χ0v) is 16.3. The van der Waals surface area contributed by atoms with E-state index >= 15 is 0 Å². The molecular formula is C15H17Cl2N3O4S. The van der Waals surface area contributed by atoms with E-state index < -0.39 is 15.9 Å². The summed E-state index contributed by atoms with van der Waals surface area (Å²) in [5.74, 6) is -0.188. The molecule has 0 fully saturated rings. The summed E-state index contributed by atoms with van der Waals surface area (Å²) >= 11 is 11.9. The van der Waals surface area contributed by atoms with Crippen molar-refractivity contribution in [3.05, 3.63) is 40.1 Å². The molecule has 0 unspecified atom stereocenters. The molecule has 0 saturated carbocycles. The van der Waals surface area contributed by atoms with E-state index in [0.717, 1.165) is 4.31 Å². The Morgan fingerprint density at radius 1 is 1.24 bits per heavy atom. The molecular weight excluding hydrogens is 389 g/mol. The summed E-state index contributed by atoms with van der Waals surface area (Å²) in [6, 6.07) is 5.63. The number of anilines is 1. The van der Waals surface area contributed by atoms with E-state index in [1.165, 1.54) is 50.0 Å². The Bertz CT molecular complexity index is 923. The van der Waals surface area contributed by atoms with Crippen LogP contribution >= 0.6 is 23.2 Å². The predicted octanol–water partition coefficient (Wildman–Crippen LogP) is 2.84. The van der Waals surface area contributed by atoms with Crippen LogP contribution in [0.2, 0.25) is 10.2 Å². The number of carbonyl (C=O) groups excluding carboxylic acids is 1. The minimum absolute atomic E-state index is 0.0246. The van der Waals surface area contributed by atoms with Crippen molar-refractivity contribution in [3.63, 3.8) is 0 Å². The van der Waals surface area contributed by atoms with Gasteiger partial charge in [-0.15, -0.1) is 0 Å². The number of nitrogens with one attached hydrogen (secondary N) is 1. The van der Waals surface area contributed by atoms with Crippen molar-refractivity contribution >= 4 is 44.8 Å². The highest BCUT2D eigenvalue weighted by Gasteiger charge is 2.21. The van der Waals surface area contributed by atoms with Crippen molar-refractivity contribution in [2.45, 2.75) is 4.90 Å². The lowest BCUT2D eigenvalue weighted by Gasteiger charge is -2.15. The lowest BCUT2D eigenvalue weighted by molar-refractivity contribution is 0.101. The van der Waals surface area contributed by atoms with Gasteiger partial charge in [-0.25, -0.2) is 12.7 Å². The predicted molar refractivity (Wildman–Crippen MR) is 97.3 cm³/mol. The second-order valence-corrected chi connectivity index (χ2v) is 8.25. The molecule has 136 valence electrons. The number of carbonyl (C=O) groups is 1. The van der Waals surface area contributed by atoms with E-state index in [9.17, 15) is 13.2 Å². The number of sulfonamides is 1. The third-order valence-corrected chi connectivity index (χ3v) is 6.20. The molecule has 2 aromatic rings. The molecule has 10 heteroatoms. The van der Waals surface area contributed by atoms with Crippen molar-refractivity contribution in [2.75, 3.05) is 26.5 Å². The normalized spacial score (nSPS) is 11.6. The zero-order valence-electron chi connectivity index (χ0n) is 14.0. The molecule has 7 nitrogen and oxygen atoms in total. The number of amides is 1. The molecule has 1 aromatic carbocycles. The second-order valence-electron chi connectivity index (χ2n) is 5.33. The molecule has 1 heterocycles. The van der Waals surface area contributed by atoms with Crippen LogP contribution in [0.4, 0.5) is 5.69 Å². The second kappa shape index (κ2) is 7.25. The van der Waals surface area contributed by atoms with E-state index in [1.807, 2.05) is 0 Å². The van der Waals surface area contributed by atoms with Gasteiger partial charge in [0.1, 0.15) is 16.6 Å². The third kappa shape index (κ3) is 3.77. The number of methoxy groups -OCH3 is 1. The molecule has 0 spiro atoms. The fourth-order valence-corrected chi connectivity index (χ4v) is 3.41. The Morgan fingerprint density at radius 2 is 1.88 bits per heavy atom. The molecule has 1 aromatic heterocycles. The highest BCUT2D eigenvalue weighted by atomic mass is 35.5. The van der Waals surface area contributed by atoms with Crippen LogP contribution in [-0.4, -0.2) is 44.4 Å². The molecule has 25 heavy (non-hydrogen) atoms. The molecule has 1 amide bonds. The van der Waals surface area contributed by atoms with E-state index in [0.29, 0.717) is 5.75 Å². The van der Waals surface area contributed by atoms with Gasteiger partial charge >= 0.3 is 0 Å². The number of aromatic nitrogens is 1. The van der Waals surface area contributed by atoms with Gasteiger partial charge in [0.2, 0.25) is 10.0 Å². The summed E-state index contributed by atoms with van der Waals surface area (Å²) < 4.78 is 32.2. The monoisotopic (exact) mass is 405 g/mol. The standard InChI is InChI=1S/C15H17Cl2N3O4S/c1-19(2)25(22,23)9-5-6-13(24-4)11(7-9)18-15(21)12-8-10(16)14(17)20(12)3/h5-8H,1-4H3,(H,18,21). The number of nitrogens with zero attached hydrogens (tertiary/aromatic N) is 2. The van der Waals surface area contributed by atoms with Gasteiger partial charge in [-0.05, 0) is 24.3 Å². The van der Waals surface area contributed by atoms with Gasteiger partial charge in [-0.2, -0.15) is 0 Å². The Hall–Kier alpha value is -1.74. The number of ether oxygens (including phenoxy) is 1. The average molecular weight is 406 g/mol. The summed E-state index contributed by atoms with van der Waals surface area (Å²) in [6.45, 7) is 0. The van der Waals surface area contributed by atoms with Crippen LogP contribution < -0.4 is 10.1 Å². The summed E-state index contributed by atoms with van der Waals surface area (Å²) in [5.41, 5.74) is 0.432.